The monoisotopic (exact) mass is 558 g/mol. The fourth-order valence-electron chi connectivity index (χ4n) is 4.39. The van der Waals surface area contributed by atoms with Crippen molar-refractivity contribution in [3.05, 3.63) is 53.5 Å². The molecule has 3 atom stereocenters. The maximum absolute atomic E-state index is 13.0. The lowest BCUT2D eigenvalue weighted by molar-refractivity contribution is -0.688. The van der Waals surface area contributed by atoms with Gasteiger partial charge in [0.05, 0.1) is 29.7 Å². The Kier molecular flexibility index (Phi) is 6.77. The molecule has 3 aromatic rings. The molecule has 1 unspecified atom stereocenters. The van der Waals surface area contributed by atoms with E-state index in [1.165, 1.54) is 18.9 Å². The van der Waals surface area contributed by atoms with Crippen LogP contribution in [0, 0.1) is 0 Å². The number of hydrogen-bond donors (Lipinski definition) is 3. The van der Waals surface area contributed by atoms with E-state index in [1.807, 2.05) is 22.7 Å². The van der Waals surface area contributed by atoms with Crippen molar-refractivity contribution in [2.45, 2.75) is 31.0 Å². The standard InChI is InChI=1S/C22H22N8O6S2/c1-10(31)13-4-3-12-8-28(5-6-29(12)13)7-11-9-37-20-15(19(33)30(20)16(11)21(34)35)24-18(32)14(26-36-2)17-25-22(23)38-27-17/h3-6,8,10,15,20,31H,7,9H2,1-2H3,(H3-,23,24,25,27,32,34,35)/b26-14-/t10?,15-,20+/m1/s1. The largest absolute Gasteiger partial charge is 0.543 e. The summed E-state index contributed by atoms with van der Waals surface area (Å²) in [6.45, 7) is 1.88. The van der Waals surface area contributed by atoms with E-state index in [2.05, 4.69) is 19.8 Å². The molecule has 2 amide bonds. The van der Waals surface area contributed by atoms with E-state index >= 15 is 0 Å². The second-order valence-electron chi connectivity index (χ2n) is 8.51. The highest BCUT2D eigenvalue weighted by molar-refractivity contribution is 8.00. The number of carbonyl (C=O) groups excluding carboxylic acids is 3. The van der Waals surface area contributed by atoms with Gasteiger partial charge in [0.25, 0.3) is 11.8 Å². The molecule has 0 radical (unpaired) electrons. The van der Waals surface area contributed by atoms with Crippen molar-refractivity contribution in [3.63, 3.8) is 0 Å². The smallest absolute Gasteiger partial charge is 0.278 e. The average Bonchev–Trinajstić information content (AvgIpc) is 3.51. The average molecular weight is 559 g/mol. The molecule has 1 fully saturated rings. The molecule has 0 spiro atoms. The van der Waals surface area contributed by atoms with Crippen molar-refractivity contribution < 1.29 is 34.0 Å². The minimum Gasteiger partial charge on any atom is -0.543 e. The summed E-state index contributed by atoms with van der Waals surface area (Å²) >= 11 is 2.19. The second-order valence-corrected chi connectivity index (χ2v) is 10.4. The fourth-order valence-corrected chi connectivity index (χ4v) is 6.16. The van der Waals surface area contributed by atoms with Gasteiger partial charge in [-0.3, -0.25) is 14.5 Å². The van der Waals surface area contributed by atoms with Crippen molar-refractivity contribution in [3.8, 4) is 0 Å². The van der Waals surface area contributed by atoms with Crippen LogP contribution in [-0.2, 0) is 25.8 Å². The van der Waals surface area contributed by atoms with Crippen LogP contribution in [0.5, 0.6) is 0 Å². The fraction of sp³-hybridized carbons (Fsp3) is 0.318. The second kappa shape index (κ2) is 10.0. The van der Waals surface area contributed by atoms with Crippen LogP contribution in [-0.4, -0.2) is 71.5 Å². The Balaban J connectivity index is 1.35. The molecular formula is C22H22N8O6S2. The summed E-state index contributed by atoms with van der Waals surface area (Å²) in [7, 11) is 1.24. The summed E-state index contributed by atoms with van der Waals surface area (Å²) in [4.78, 5) is 47.8. The summed E-state index contributed by atoms with van der Waals surface area (Å²) < 4.78 is 7.58. The molecule has 5 rings (SSSR count). The predicted molar refractivity (Wildman–Crippen MR) is 133 cm³/mol. The molecule has 14 nitrogen and oxygen atoms in total. The lowest BCUT2D eigenvalue weighted by Crippen LogP contribution is -2.71. The number of oxime groups is 1. The number of thioether (sulfide) groups is 1. The number of aromatic nitrogens is 4. The first-order valence-corrected chi connectivity index (χ1v) is 13.1. The van der Waals surface area contributed by atoms with E-state index < -0.39 is 35.3 Å². The van der Waals surface area contributed by atoms with E-state index in [-0.39, 0.29) is 28.9 Å². The number of aliphatic hydroxyl groups excluding tert-OH is 1. The Morgan fingerprint density at radius 3 is 2.89 bits per heavy atom. The summed E-state index contributed by atoms with van der Waals surface area (Å²) in [5.74, 6) is -2.59. The van der Waals surface area contributed by atoms with Gasteiger partial charge in [0.2, 0.25) is 11.5 Å². The SMILES string of the molecule is CO/N=C(\C(=O)N[C@@H]1C(=O)N2C(C(=O)[O-])=C(C[n+]3ccn4c(C(C)O)ccc4c3)CS[C@@H]12)c1nsc(N)n1. The zero-order valence-corrected chi connectivity index (χ0v) is 21.7. The number of aliphatic hydroxyl groups is 1. The molecule has 198 valence electrons. The molecule has 2 aliphatic heterocycles. The highest BCUT2D eigenvalue weighted by Crippen LogP contribution is 2.40. The first-order chi connectivity index (χ1) is 18.2. The Bertz CT molecular complexity index is 1510. The molecular weight excluding hydrogens is 536 g/mol. The molecule has 4 N–H and O–H groups in total. The van der Waals surface area contributed by atoms with Gasteiger partial charge in [-0.25, -0.2) is 0 Å². The van der Waals surface area contributed by atoms with Crippen LogP contribution in [0.25, 0.3) is 5.52 Å². The normalized spacial score (nSPS) is 20.2. The van der Waals surface area contributed by atoms with Crippen LogP contribution in [0.4, 0.5) is 5.13 Å². The summed E-state index contributed by atoms with van der Waals surface area (Å²) in [5, 5.41) is 27.7. The van der Waals surface area contributed by atoms with Gasteiger partial charge >= 0.3 is 0 Å². The van der Waals surface area contributed by atoms with Crippen LogP contribution in [0.1, 0.15) is 24.5 Å². The number of amides is 2. The van der Waals surface area contributed by atoms with Gasteiger partial charge in [0.1, 0.15) is 24.0 Å². The third-order valence-electron chi connectivity index (χ3n) is 6.07. The van der Waals surface area contributed by atoms with E-state index in [0.717, 1.165) is 27.6 Å². The van der Waals surface area contributed by atoms with Gasteiger partial charge in [0, 0.05) is 22.9 Å². The molecule has 0 aromatic carbocycles. The lowest BCUT2D eigenvalue weighted by Gasteiger charge is -2.50. The minimum atomic E-state index is -1.48. The van der Waals surface area contributed by atoms with Crippen LogP contribution >= 0.6 is 23.3 Å². The van der Waals surface area contributed by atoms with Crippen molar-refractivity contribution in [2.24, 2.45) is 5.16 Å². The number of fused-ring (bicyclic) bond motifs is 2. The number of carboxylic acid groups (broad SMARTS) is 1. The quantitative estimate of drug-likeness (QED) is 0.123. The third kappa shape index (κ3) is 4.46. The summed E-state index contributed by atoms with van der Waals surface area (Å²) in [6.07, 6.45) is 4.71. The number of carbonyl (C=O) groups is 3. The molecule has 3 aromatic heterocycles. The topological polar surface area (TPSA) is 191 Å². The number of β-lactam (4-membered cyclic amide) rings is 1. The maximum atomic E-state index is 13.0. The van der Waals surface area contributed by atoms with Crippen molar-refractivity contribution >= 4 is 57.4 Å². The van der Waals surface area contributed by atoms with E-state index in [1.54, 1.807) is 23.9 Å². The predicted octanol–water partition coefficient (Wildman–Crippen LogP) is -1.83. The molecule has 16 heteroatoms. The van der Waals surface area contributed by atoms with Gasteiger partial charge in [-0.05, 0) is 19.1 Å². The Morgan fingerprint density at radius 1 is 1.45 bits per heavy atom. The lowest BCUT2D eigenvalue weighted by atomic mass is 10.0. The summed E-state index contributed by atoms with van der Waals surface area (Å²) in [6, 6.07) is 2.67. The van der Waals surface area contributed by atoms with Crippen LogP contribution in [0.3, 0.4) is 0 Å². The minimum absolute atomic E-state index is 0.0538. The number of nitrogens with zero attached hydrogens (tertiary/aromatic N) is 6. The van der Waals surface area contributed by atoms with Gasteiger partial charge in [-0.1, -0.05) is 5.16 Å². The van der Waals surface area contributed by atoms with Crippen molar-refractivity contribution in [1.82, 2.24) is 24.0 Å². The molecule has 5 heterocycles. The highest BCUT2D eigenvalue weighted by atomic mass is 32.2. The van der Waals surface area contributed by atoms with Crippen molar-refractivity contribution in [2.75, 3.05) is 18.6 Å². The Morgan fingerprint density at radius 2 is 2.24 bits per heavy atom. The number of nitrogens with two attached hydrogens (primary N) is 1. The molecule has 38 heavy (non-hydrogen) atoms. The van der Waals surface area contributed by atoms with Gasteiger partial charge in [0.15, 0.2) is 24.1 Å². The van der Waals surface area contributed by atoms with Gasteiger partial charge in [-0.2, -0.15) is 13.9 Å². The number of anilines is 1. The molecule has 0 bridgehead atoms. The zero-order chi connectivity index (χ0) is 27.1. The van der Waals surface area contributed by atoms with Crippen LogP contribution in [0.15, 0.2) is 47.1 Å². The first kappa shape index (κ1) is 25.6. The molecule has 0 aliphatic carbocycles. The van der Waals surface area contributed by atoms with Crippen LogP contribution < -0.4 is 20.7 Å². The summed E-state index contributed by atoms with van der Waals surface area (Å²) in [5.41, 5.74) is 7.14. The Hall–Kier alpha value is -4.02. The number of nitrogens with one attached hydrogen (secondary N) is 1. The van der Waals surface area contributed by atoms with Gasteiger partial charge < -0.3 is 35.3 Å². The first-order valence-electron chi connectivity index (χ1n) is 11.3. The molecule has 0 saturated carbocycles. The highest BCUT2D eigenvalue weighted by Gasteiger charge is 2.53. The Labute approximate surface area is 223 Å². The van der Waals surface area contributed by atoms with Gasteiger partial charge in [-0.15, -0.1) is 11.8 Å². The van der Waals surface area contributed by atoms with E-state index in [0.29, 0.717) is 11.3 Å². The molecule has 1 saturated heterocycles. The maximum Gasteiger partial charge on any atom is 0.278 e. The third-order valence-corrected chi connectivity index (χ3v) is 7.95. The zero-order valence-electron chi connectivity index (χ0n) is 20.1. The number of aliphatic carboxylic acids is 1. The number of carboxylic acids is 1. The molecule has 2 aliphatic rings. The number of hydrogen-bond acceptors (Lipinski definition) is 12. The van der Waals surface area contributed by atoms with Crippen molar-refractivity contribution in [1.29, 1.82) is 0 Å². The number of nitrogen functional groups attached to an aromatic ring is 1. The van der Waals surface area contributed by atoms with E-state index in [4.69, 9.17) is 10.6 Å². The number of rotatable bonds is 8. The van der Waals surface area contributed by atoms with E-state index in [9.17, 15) is 24.6 Å². The van der Waals surface area contributed by atoms with Crippen LogP contribution in [0.2, 0.25) is 0 Å².